The number of rotatable bonds is 5. The van der Waals surface area contributed by atoms with Gasteiger partial charge in [0.25, 0.3) is 0 Å². The van der Waals surface area contributed by atoms with Crippen LogP contribution in [0.4, 0.5) is 0 Å². The minimum atomic E-state index is -0.286. The number of carbonyl (C=O) groups is 1. The van der Waals surface area contributed by atoms with E-state index >= 15 is 0 Å². The Bertz CT molecular complexity index is 481. The van der Waals surface area contributed by atoms with Gasteiger partial charge in [-0.15, -0.1) is 0 Å². The number of carbonyl (C=O) groups excluding carboxylic acids is 1. The molecule has 0 saturated heterocycles. The van der Waals surface area contributed by atoms with Crippen molar-refractivity contribution in [3.05, 3.63) is 0 Å². The van der Waals surface area contributed by atoms with Crippen LogP contribution in [-0.2, 0) is 9.53 Å². The lowest BCUT2D eigenvalue weighted by Gasteiger charge is -2.51. The van der Waals surface area contributed by atoms with Gasteiger partial charge in [-0.05, 0) is 19.3 Å². The van der Waals surface area contributed by atoms with E-state index in [9.17, 15) is 4.79 Å². The van der Waals surface area contributed by atoms with Gasteiger partial charge in [0, 0.05) is 46.3 Å². The van der Waals surface area contributed by atoms with Crippen LogP contribution in [0.2, 0.25) is 0 Å². The van der Waals surface area contributed by atoms with Gasteiger partial charge in [-0.3, -0.25) is 9.79 Å². The van der Waals surface area contributed by atoms with E-state index in [1.54, 1.807) is 19.1 Å². The molecule has 2 aliphatic rings. The van der Waals surface area contributed by atoms with Gasteiger partial charge < -0.3 is 20.3 Å². The van der Waals surface area contributed by atoms with Crippen LogP contribution in [0, 0.1) is 10.8 Å². The monoisotopic (exact) mass is 338 g/mol. The fourth-order valence-electron chi connectivity index (χ4n) is 4.14. The molecule has 2 rings (SSSR count). The zero-order valence-electron chi connectivity index (χ0n) is 16.1. The first-order valence-corrected chi connectivity index (χ1v) is 8.98. The third-order valence-electron chi connectivity index (χ3n) is 6.01. The Balaban J connectivity index is 1.95. The largest absolute Gasteiger partial charge is 0.381 e. The van der Waals surface area contributed by atoms with Crippen molar-refractivity contribution in [1.82, 2.24) is 15.5 Å². The molecule has 6 nitrogen and oxygen atoms in total. The van der Waals surface area contributed by atoms with Gasteiger partial charge in [0.15, 0.2) is 5.96 Å². The lowest BCUT2D eigenvalue weighted by atomic mass is 9.64. The van der Waals surface area contributed by atoms with Crippen molar-refractivity contribution in [3.63, 3.8) is 0 Å². The number of ether oxygens (including phenoxy) is 1. The molecule has 0 aromatic carbocycles. The zero-order chi connectivity index (χ0) is 18.0. The van der Waals surface area contributed by atoms with Crippen LogP contribution in [0.25, 0.3) is 0 Å². The molecule has 1 amide bonds. The summed E-state index contributed by atoms with van der Waals surface area (Å²) >= 11 is 0. The molecule has 0 bridgehead atoms. The van der Waals surface area contributed by atoms with Crippen molar-refractivity contribution in [2.24, 2.45) is 15.8 Å². The van der Waals surface area contributed by atoms with Gasteiger partial charge in [-0.1, -0.05) is 26.7 Å². The molecule has 0 aromatic rings. The maximum atomic E-state index is 12.7. The molecule has 2 N–H and O–H groups in total. The van der Waals surface area contributed by atoms with Crippen LogP contribution in [0.5, 0.6) is 0 Å². The maximum absolute atomic E-state index is 12.7. The second kappa shape index (κ2) is 7.30. The SMILES string of the molecule is CN=C(NCC1(C(=O)N(C)C)CCCC1)NC1CC(OC)C1(C)C. The summed E-state index contributed by atoms with van der Waals surface area (Å²) in [5, 5.41) is 6.91. The van der Waals surface area contributed by atoms with Crippen molar-refractivity contribution in [1.29, 1.82) is 0 Å². The third kappa shape index (κ3) is 3.53. The van der Waals surface area contributed by atoms with Crippen LogP contribution < -0.4 is 10.6 Å². The first-order valence-electron chi connectivity index (χ1n) is 8.98. The molecule has 6 heteroatoms. The number of hydrogen-bond acceptors (Lipinski definition) is 3. The number of methoxy groups -OCH3 is 1. The van der Waals surface area contributed by atoms with Gasteiger partial charge >= 0.3 is 0 Å². The Hall–Kier alpha value is -1.30. The Morgan fingerprint density at radius 2 is 1.92 bits per heavy atom. The molecule has 2 fully saturated rings. The molecule has 0 heterocycles. The number of guanidine groups is 1. The van der Waals surface area contributed by atoms with E-state index in [1.807, 2.05) is 14.1 Å². The third-order valence-corrected chi connectivity index (χ3v) is 6.01. The summed E-state index contributed by atoms with van der Waals surface area (Å²) in [4.78, 5) is 18.7. The van der Waals surface area contributed by atoms with Gasteiger partial charge in [0.2, 0.25) is 5.91 Å². The van der Waals surface area contributed by atoms with Crippen LogP contribution in [0.3, 0.4) is 0 Å². The van der Waals surface area contributed by atoms with Crippen LogP contribution in [0.1, 0.15) is 46.0 Å². The first kappa shape index (κ1) is 19.0. The molecule has 0 aromatic heterocycles. The average molecular weight is 338 g/mol. The van der Waals surface area contributed by atoms with E-state index in [2.05, 4.69) is 29.5 Å². The van der Waals surface area contributed by atoms with Gasteiger partial charge in [-0.2, -0.15) is 0 Å². The van der Waals surface area contributed by atoms with Gasteiger partial charge in [-0.25, -0.2) is 0 Å². The molecule has 2 aliphatic carbocycles. The molecule has 0 aliphatic heterocycles. The van der Waals surface area contributed by atoms with Crippen molar-refractivity contribution >= 4 is 11.9 Å². The number of amides is 1. The lowest BCUT2D eigenvalue weighted by Crippen LogP contribution is -2.63. The van der Waals surface area contributed by atoms with Crippen molar-refractivity contribution in [2.75, 3.05) is 34.8 Å². The minimum absolute atomic E-state index is 0.0802. The minimum Gasteiger partial charge on any atom is -0.381 e. The summed E-state index contributed by atoms with van der Waals surface area (Å²) in [7, 11) is 7.24. The lowest BCUT2D eigenvalue weighted by molar-refractivity contribution is -0.138. The van der Waals surface area contributed by atoms with E-state index in [1.165, 1.54) is 0 Å². The second-order valence-corrected chi connectivity index (χ2v) is 8.09. The Morgan fingerprint density at radius 1 is 1.29 bits per heavy atom. The van der Waals surface area contributed by atoms with E-state index in [0.29, 0.717) is 12.6 Å². The quantitative estimate of drug-likeness (QED) is 0.590. The number of nitrogens with zero attached hydrogens (tertiary/aromatic N) is 2. The number of nitrogens with one attached hydrogen (secondary N) is 2. The molecule has 24 heavy (non-hydrogen) atoms. The van der Waals surface area contributed by atoms with E-state index in [4.69, 9.17) is 4.74 Å². The highest BCUT2D eigenvalue weighted by molar-refractivity contribution is 5.85. The zero-order valence-corrected chi connectivity index (χ0v) is 16.1. The highest BCUT2D eigenvalue weighted by atomic mass is 16.5. The van der Waals surface area contributed by atoms with E-state index in [-0.39, 0.29) is 22.8 Å². The number of aliphatic imine (C=N–C) groups is 1. The fourth-order valence-corrected chi connectivity index (χ4v) is 4.14. The molecule has 138 valence electrons. The van der Waals surface area contributed by atoms with Crippen LogP contribution in [0.15, 0.2) is 4.99 Å². The van der Waals surface area contributed by atoms with Crippen molar-refractivity contribution in [2.45, 2.75) is 58.1 Å². The summed E-state index contributed by atoms with van der Waals surface area (Å²) in [5.41, 5.74) is -0.206. The second-order valence-electron chi connectivity index (χ2n) is 8.09. The predicted octanol–water partition coefficient (Wildman–Crippen LogP) is 1.61. The summed E-state index contributed by atoms with van der Waals surface area (Å²) < 4.78 is 5.51. The van der Waals surface area contributed by atoms with Crippen LogP contribution >= 0.6 is 0 Å². The van der Waals surface area contributed by atoms with Crippen molar-refractivity contribution < 1.29 is 9.53 Å². The maximum Gasteiger partial charge on any atom is 0.230 e. The Morgan fingerprint density at radius 3 is 2.38 bits per heavy atom. The standard InChI is InChI=1S/C18H34N4O2/c1-17(2)13(11-14(17)24-6)21-16(19-3)20-12-18(9-7-8-10-18)15(23)22(4)5/h13-14H,7-12H2,1-6H3,(H2,19,20,21). The van der Waals surface area contributed by atoms with Crippen LogP contribution in [-0.4, -0.2) is 63.7 Å². The molecule has 0 radical (unpaired) electrons. The molecule has 2 unspecified atom stereocenters. The molecular formula is C18H34N4O2. The highest BCUT2D eigenvalue weighted by Gasteiger charge is 2.49. The predicted molar refractivity (Wildman–Crippen MR) is 97.1 cm³/mol. The van der Waals surface area contributed by atoms with Gasteiger partial charge in [0.1, 0.15) is 0 Å². The van der Waals surface area contributed by atoms with E-state index < -0.39 is 0 Å². The Labute approximate surface area is 146 Å². The fraction of sp³-hybridized carbons (Fsp3) is 0.889. The smallest absolute Gasteiger partial charge is 0.230 e. The van der Waals surface area contributed by atoms with Gasteiger partial charge in [0.05, 0.1) is 11.5 Å². The number of hydrogen-bond donors (Lipinski definition) is 2. The molecule has 0 spiro atoms. The summed E-state index contributed by atoms with van der Waals surface area (Å²) in [6.07, 6.45) is 5.41. The van der Waals surface area contributed by atoms with E-state index in [0.717, 1.165) is 38.1 Å². The highest BCUT2D eigenvalue weighted by Crippen LogP contribution is 2.42. The summed E-state index contributed by atoms with van der Waals surface area (Å²) in [5.74, 6) is 1.01. The molecular weight excluding hydrogens is 304 g/mol. The average Bonchev–Trinajstić information content (AvgIpc) is 3.02. The summed E-state index contributed by atoms with van der Waals surface area (Å²) in [6, 6.07) is 0.331. The summed E-state index contributed by atoms with van der Waals surface area (Å²) in [6.45, 7) is 5.07. The molecule has 2 saturated carbocycles. The topological polar surface area (TPSA) is 66.0 Å². The normalized spacial score (nSPS) is 28.2. The first-order chi connectivity index (χ1) is 11.3. The van der Waals surface area contributed by atoms with Crippen molar-refractivity contribution in [3.8, 4) is 0 Å². The Kier molecular flexibility index (Phi) is 5.78. The molecule has 2 atom stereocenters.